The molecular formula is C15H25ClN5O3P. The third-order valence-electron chi connectivity index (χ3n) is 3.23. The molecule has 2 aromatic rings. The Labute approximate surface area is 152 Å². The number of anilines is 1. The Hall–Kier alpha value is -1.21. The van der Waals surface area contributed by atoms with E-state index in [-0.39, 0.29) is 35.4 Å². The van der Waals surface area contributed by atoms with E-state index < -0.39 is 7.60 Å². The number of imidazole rings is 1. The van der Waals surface area contributed by atoms with Crippen LogP contribution in [0.1, 0.15) is 34.6 Å². The number of aromatic nitrogens is 4. The Balaban J connectivity index is 2.18. The van der Waals surface area contributed by atoms with Crippen molar-refractivity contribution in [2.45, 2.75) is 53.4 Å². The van der Waals surface area contributed by atoms with Crippen molar-refractivity contribution in [3.05, 3.63) is 11.5 Å². The summed E-state index contributed by atoms with van der Waals surface area (Å²) in [6, 6.07) is 0. The van der Waals surface area contributed by atoms with E-state index in [0.717, 1.165) is 0 Å². The molecule has 2 N–H and O–H groups in total. The first-order chi connectivity index (χ1) is 11.6. The summed E-state index contributed by atoms with van der Waals surface area (Å²) in [5.74, 6) is 0.0829. The Morgan fingerprint density at radius 1 is 1.20 bits per heavy atom. The predicted octanol–water partition coefficient (Wildman–Crippen LogP) is 3.74. The van der Waals surface area contributed by atoms with Crippen molar-refractivity contribution in [2.24, 2.45) is 5.92 Å². The second kappa shape index (κ2) is 7.99. The molecule has 2 heterocycles. The van der Waals surface area contributed by atoms with Crippen molar-refractivity contribution in [3.63, 3.8) is 0 Å². The molecule has 0 bridgehead atoms. The molecule has 0 spiro atoms. The fourth-order valence-corrected chi connectivity index (χ4v) is 5.19. The zero-order valence-corrected chi connectivity index (χ0v) is 16.8. The van der Waals surface area contributed by atoms with Gasteiger partial charge in [-0.3, -0.25) is 4.57 Å². The van der Waals surface area contributed by atoms with Crippen molar-refractivity contribution in [2.75, 3.05) is 11.9 Å². The molecule has 0 aliphatic heterocycles. The minimum absolute atomic E-state index is 0.00398. The van der Waals surface area contributed by atoms with E-state index in [2.05, 4.69) is 15.0 Å². The van der Waals surface area contributed by atoms with Crippen LogP contribution in [0.15, 0.2) is 6.33 Å². The number of nitrogens with zero attached hydrogens (tertiary/aromatic N) is 4. The minimum Gasteiger partial charge on any atom is -0.368 e. The molecule has 2 rings (SSSR count). The number of halogens is 1. The fraction of sp³-hybridized carbons (Fsp3) is 0.667. The molecule has 8 nitrogen and oxygen atoms in total. The highest BCUT2D eigenvalue weighted by atomic mass is 35.5. The SMILES string of the molecule is CC(C)OP(=O)(C[C@@H](C)Cn1cnc2c(Cl)nc(N)nc21)OC(C)C. The standard InChI is InChI=1S/C15H25ClN5O3P/c1-9(2)23-25(22,24-10(3)4)7-11(5)6-21-8-18-12-13(16)19-15(17)20-14(12)21/h8-11H,6-7H2,1-5H3,(H2,17,19,20)/t11-/m0/s1. The molecule has 0 aliphatic carbocycles. The molecule has 25 heavy (non-hydrogen) atoms. The summed E-state index contributed by atoms with van der Waals surface area (Å²) in [4.78, 5) is 12.3. The normalized spacial score (nSPS) is 13.9. The molecule has 0 fully saturated rings. The van der Waals surface area contributed by atoms with Crippen LogP contribution < -0.4 is 5.73 Å². The zero-order chi connectivity index (χ0) is 18.8. The van der Waals surface area contributed by atoms with Crippen LogP contribution >= 0.6 is 19.2 Å². The van der Waals surface area contributed by atoms with E-state index in [1.165, 1.54) is 0 Å². The summed E-state index contributed by atoms with van der Waals surface area (Å²) >= 11 is 6.04. The smallest absolute Gasteiger partial charge is 0.331 e. The summed E-state index contributed by atoms with van der Waals surface area (Å²) in [5.41, 5.74) is 6.70. The second-order valence-electron chi connectivity index (χ2n) is 6.65. The van der Waals surface area contributed by atoms with Crippen LogP contribution in [0.25, 0.3) is 11.2 Å². The number of nitrogen functional groups attached to an aromatic ring is 1. The van der Waals surface area contributed by atoms with Crippen LogP contribution in [0.4, 0.5) is 5.95 Å². The third kappa shape index (κ3) is 5.38. The quantitative estimate of drug-likeness (QED) is 0.541. The molecule has 10 heteroatoms. The van der Waals surface area contributed by atoms with Crippen LogP contribution in [-0.4, -0.2) is 37.9 Å². The Bertz CT molecular complexity index is 766. The van der Waals surface area contributed by atoms with E-state index in [1.54, 1.807) is 6.33 Å². The van der Waals surface area contributed by atoms with Crippen molar-refractivity contribution < 1.29 is 13.6 Å². The molecule has 0 amide bonds. The minimum atomic E-state index is -3.20. The number of fused-ring (bicyclic) bond motifs is 1. The van der Waals surface area contributed by atoms with Crippen molar-refractivity contribution >= 4 is 36.3 Å². The van der Waals surface area contributed by atoms with Gasteiger partial charge in [-0.15, -0.1) is 0 Å². The van der Waals surface area contributed by atoms with Gasteiger partial charge in [0.1, 0.15) is 5.52 Å². The maximum atomic E-state index is 13.0. The number of rotatable bonds is 8. The van der Waals surface area contributed by atoms with Gasteiger partial charge in [-0.2, -0.15) is 9.97 Å². The van der Waals surface area contributed by atoms with Gasteiger partial charge in [0.25, 0.3) is 0 Å². The first-order valence-corrected chi connectivity index (χ1v) is 10.3. The molecule has 0 saturated heterocycles. The van der Waals surface area contributed by atoms with Gasteiger partial charge in [-0.05, 0) is 33.6 Å². The summed E-state index contributed by atoms with van der Waals surface area (Å²) in [6.07, 6.45) is 1.55. The van der Waals surface area contributed by atoms with E-state index in [0.29, 0.717) is 17.7 Å². The molecule has 140 valence electrons. The van der Waals surface area contributed by atoms with Crippen LogP contribution in [0.2, 0.25) is 5.15 Å². The second-order valence-corrected chi connectivity index (χ2v) is 9.02. The highest BCUT2D eigenvalue weighted by Gasteiger charge is 2.30. The highest BCUT2D eigenvalue weighted by Crippen LogP contribution is 2.52. The van der Waals surface area contributed by atoms with Gasteiger partial charge in [0, 0.05) is 6.54 Å². The van der Waals surface area contributed by atoms with E-state index in [1.807, 2.05) is 39.2 Å². The van der Waals surface area contributed by atoms with E-state index in [9.17, 15) is 4.57 Å². The maximum Gasteiger partial charge on any atom is 0.331 e. The van der Waals surface area contributed by atoms with Gasteiger partial charge in [-0.1, -0.05) is 18.5 Å². The predicted molar refractivity (Wildman–Crippen MR) is 98.8 cm³/mol. The lowest BCUT2D eigenvalue weighted by Gasteiger charge is -2.25. The summed E-state index contributed by atoms with van der Waals surface area (Å²) in [5, 5.41) is 0.214. The Kier molecular flexibility index (Phi) is 6.43. The number of hydrogen-bond donors (Lipinski definition) is 1. The fourth-order valence-electron chi connectivity index (χ4n) is 2.59. The van der Waals surface area contributed by atoms with E-state index >= 15 is 0 Å². The zero-order valence-electron chi connectivity index (χ0n) is 15.1. The lowest BCUT2D eigenvalue weighted by Crippen LogP contribution is -2.17. The molecule has 1 atom stereocenters. The van der Waals surface area contributed by atoms with Crippen molar-refractivity contribution in [3.8, 4) is 0 Å². The molecule has 2 aromatic heterocycles. The first-order valence-electron chi connectivity index (χ1n) is 8.19. The maximum absolute atomic E-state index is 13.0. The van der Waals surface area contributed by atoms with Crippen LogP contribution in [-0.2, 0) is 20.2 Å². The molecule has 0 unspecified atom stereocenters. The molecule has 0 aromatic carbocycles. The van der Waals surface area contributed by atoms with Crippen LogP contribution in [0.3, 0.4) is 0 Å². The van der Waals surface area contributed by atoms with Gasteiger partial charge in [0.2, 0.25) is 5.95 Å². The Morgan fingerprint density at radius 2 is 1.80 bits per heavy atom. The lowest BCUT2D eigenvalue weighted by atomic mass is 10.2. The summed E-state index contributed by atoms with van der Waals surface area (Å²) in [6.45, 7) is 9.85. The summed E-state index contributed by atoms with van der Waals surface area (Å²) in [7, 11) is -3.20. The molecule has 0 aliphatic rings. The largest absolute Gasteiger partial charge is 0.368 e. The Morgan fingerprint density at radius 3 is 2.36 bits per heavy atom. The van der Waals surface area contributed by atoms with Gasteiger partial charge >= 0.3 is 7.60 Å². The molecule has 0 radical (unpaired) electrons. The highest BCUT2D eigenvalue weighted by molar-refractivity contribution is 7.53. The van der Waals surface area contributed by atoms with Crippen molar-refractivity contribution in [1.82, 2.24) is 19.5 Å². The summed E-state index contributed by atoms with van der Waals surface area (Å²) < 4.78 is 26.0. The van der Waals surface area contributed by atoms with Gasteiger partial charge in [0.05, 0.1) is 24.7 Å². The van der Waals surface area contributed by atoms with Gasteiger partial charge in [-0.25, -0.2) is 4.98 Å². The average Bonchev–Trinajstić information content (AvgIpc) is 2.79. The van der Waals surface area contributed by atoms with Gasteiger partial charge < -0.3 is 19.3 Å². The van der Waals surface area contributed by atoms with Crippen LogP contribution in [0.5, 0.6) is 0 Å². The first kappa shape index (κ1) is 20.1. The van der Waals surface area contributed by atoms with Gasteiger partial charge in [0.15, 0.2) is 10.8 Å². The average molecular weight is 390 g/mol. The van der Waals surface area contributed by atoms with Crippen molar-refractivity contribution in [1.29, 1.82) is 0 Å². The number of nitrogens with two attached hydrogens (primary N) is 1. The third-order valence-corrected chi connectivity index (χ3v) is 6.04. The topological polar surface area (TPSA) is 105 Å². The van der Waals surface area contributed by atoms with Crippen LogP contribution in [0, 0.1) is 5.92 Å². The molecule has 0 saturated carbocycles. The molecular weight excluding hydrogens is 365 g/mol. The lowest BCUT2D eigenvalue weighted by molar-refractivity contribution is 0.140. The monoisotopic (exact) mass is 389 g/mol. The number of hydrogen-bond acceptors (Lipinski definition) is 7. The van der Waals surface area contributed by atoms with E-state index in [4.69, 9.17) is 26.4 Å².